The van der Waals surface area contributed by atoms with Crippen LogP contribution in [0.2, 0.25) is 4.47 Å². The Morgan fingerprint density at radius 2 is 2.36 bits per heavy atom. The van der Waals surface area contributed by atoms with Crippen LogP contribution in [0.4, 0.5) is 0 Å². The first-order valence-corrected chi connectivity index (χ1v) is 5.29. The SMILES string of the molecule is NCc1cnn(Cc2cnc(Cl)s2)c1. The second-order valence-electron chi connectivity index (χ2n) is 2.83. The molecule has 2 aromatic rings. The van der Waals surface area contributed by atoms with Crippen LogP contribution >= 0.6 is 22.9 Å². The van der Waals surface area contributed by atoms with Crippen LogP contribution in [0, 0.1) is 0 Å². The molecule has 14 heavy (non-hydrogen) atoms. The highest BCUT2D eigenvalue weighted by molar-refractivity contribution is 7.15. The fourth-order valence-corrected chi connectivity index (χ4v) is 2.08. The quantitative estimate of drug-likeness (QED) is 0.866. The molecule has 0 aliphatic carbocycles. The van der Waals surface area contributed by atoms with Gasteiger partial charge in [-0.15, -0.1) is 11.3 Å². The van der Waals surface area contributed by atoms with Gasteiger partial charge in [0.15, 0.2) is 4.47 Å². The van der Waals surface area contributed by atoms with E-state index in [1.54, 1.807) is 12.4 Å². The molecule has 0 bridgehead atoms. The number of nitrogens with zero attached hydrogens (tertiary/aromatic N) is 3. The maximum atomic E-state index is 5.72. The number of hydrogen-bond donors (Lipinski definition) is 1. The van der Waals surface area contributed by atoms with Crippen molar-refractivity contribution in [3.8, 4) is 0 Å². The van der Waals surface area contributed by atoms with Crippen molar-refractivity contribution in [3.05, 3.63) is 33.5 Å². The van der Waals surface area contributed by atoms with Gasteiger partial charge in [0.1, 0.15) is 0 Å². The molecule has 0 atom stereocenters. The molecular weight excluding hydrogens is 220 g/mol. The van der Waals surface area contributed by atoms with E-state index in [9.17, 15) is 0 Å². The van der Waals surface area contributed by atoms with Gasteiger partial charge in [-0.25, -0.2) is 4.98 Å². The normalized spacial score (nSPS) is 10.7. The maximum absolute atomic E-state index is 5.72. The summed E-state index contributed by atoms with van der Waals surface area (Å²) in [6.45, 7) is 1.22. The Hall–Kier alpha value is -0.910. The number of aromatic nitrogens is 3. The molecule has 0 saturated carbocycles. The third-order valence-corrected chi connectivity index (χ3v) is 2.87. The molecule has 0 radical (unpaired) electrons. The van der Waals surface area contributed by atoms with Crippen molar-refractivity contribution in [3.63, 3.8) is 0 Å². The first-order valence-electron chi connectivity index (χ1n) is 4.09. The minimum atomic E-state index is 0.517. The molecule has 0 aliphatic rings. The Balaban J connectivity index is 2.10. The van der Waals surface area contributed by atoms with E-state index < -0.39 is 0 Å². The van der Waals surface area contributed by atoms with E-state index in [0.29, 0.717) is 17.6 Å². The minimum Gasteiger partial charge on any atom is -0.326 e. The highest BCUT2D eigenvalue weighted by Crippen LogP contribution is 2.18. The minimum absolute atomic E-state index is 0.517. The molecule has 2 aromatic heterocycles. The lowest BCUT2D eigenvalue weighted by Crippen LogP contribution is -1.98. The van der Waals surface area contributed by atoms with Gasteiger partial charge < -0.3 is 5.73 Å². The van der Waals surface area contributed by atoms with Gasteiger partial charge in [0.2, 0.25) is 0 Å². The van der Waals surface area contributed by atoms with Gasteiger partial charge in [-0.3, -0.25) is 4.68 Å². The first-order chi connectivity index (χ1) is 6.78. The number of halogens is 1. The van der Waals surface area contributed by atoms with E-state index in [1.807, 2.05) is 10.9 Å². The Morgan fingerprint density at radius 3 is 2.93 bits per heavy atom. The molecule has 0 amide bonds. The molecule has 74 valence electrons. The first kappa shape index (κ1) is 9.64. The molecule has 0 saturated heterocycles. The second-order valence-corrected chi connectivity index (χ2v) is 4.53. The third-order valence-electron chi connectivity index (χ3n) is 1.77. The number of hydrogen-bond acceptors (Lipinski definition) is 4. The summed E-state index contributed by atoms with van der Waals surface area (Å²) in [7, 11) is 0. The number of thiazole rings is 1. The molecule has 2 N–H and O–H groups in total. The molecule has 2 heterocycles. The van der Waals surface area contributed by atoms with E-state index in [0.717, 1.165) is 10.4 Å². The summed E-state index contributed by atoms with van der Waals surface area (Å²) in [5, 5.41) is 4.16. The Labute approximate surface area is 90.3 Å². The van der Waals surface area contributed by atoms with Crippen LogP contribution in [0.25, 0.3) is 0 Å². The Morgan fingerprint density at radius 1 is 1.50 bits per heavy atom. The summed E-state index contributed by atoms with van der Waals surface area (Å²) in [5.41, 5.74) is 6.50. The van der Waals surface area contributed by atoms with Crippen molar-refractivity contribution in [2.45, 2.75) is 13.1 Å². The van der Waals surface area contributed by atoms with Crippen LogP contribution < -0.4 is 5.73 Å². The molecule has 0 aromatic carbocycles. The zero-order valence-corrected chi connectivity index (χ0v) is 8.92. The summed E-state index contributed by atoms with van der Waals surface area (Å²) in [6.07, 6.45) is 5.45. The van der Waals surface area contributed by atoms with Gasteiger partial charge in [-0.2, -0.15) is 5.10 Å². The highest BCUT2D eigenvalue weighted by atomic mass is 35.5. The molecule has 0 fully saturated rings. The van der Waals surface area contributed by atoms with Crippen LogP contribution in [-0.2, 0) is 13.1 Å². The average Bonchev–Trinajstić information content (AvgIpc) is 2.76. The van der Waals surface area contributed by atoms with E-state index in [4.69, 9.17) is 17.3 Å². The van der Waals surface area contributed by atoms with Crippen LogP contribution in [0.15, 0.2) is 18.6 Å². The standard InChI is InChI=1S/C8H9ClN4S/c9-8-11-3-7(14-8)5-13-4-6(1-10)2-12-13/h2-4H,1,5,10H2. The summed E-state index contributed by atoms with van der Waals surface area (Å²) in [4.78, 5) is 5.04. The Bertz CT molecular complexity index is 422. The van der Waals surface area contributed by atoms with Crippen molar-refractivity contribution in [2.24, 2.45) is 5.73 Å². The topological polar surface area (TPSA) is 56.7 Å². The van der Waals surface area contributed by atoms with E-state index in [1.165, 1.54) is 11.3 Å². The van der Waals surface area contributed by atoms with Gasteiger partial charge in [0.05, 0.1) is 12.7 Å². The zero-order valence-electron chi connectivity index (χ0n) is 7.35. The number of nitrogens with two attached hydrogens (primary N) is 1. The zero-order chi connectivity index (χ0) is 9.97. The average molecular weight is 229 g/mol. The van der Waals surface area contributed by atoms with Gasteiger partial charge in [-0.1, -0.05) is 11.6 Å². The molecule has 6 heteroatoms. The van der Waals surface area contributed by atoms with Crippen molar-refractivity contribution in [1.82, 2.24) is 14.8 Å². The van der Waals surface area contributed by atoms with E-state index in [-0.39, 0.29) is 0 Å². The lowest BCUT2D eigenvalue weighted by molar-refractivity contribution is 0.693. The molecule has 0 unspecified atom stereocenters. The maximum Gasteiger partial charge on any atom is 0.183 e. The molecule has 2 rings (SSSR count). The predicted molar refractivity (Wildman–Crippen MR) is 56.3 cm³/mol. The molecule has 0 aliphatic heterocycles. The van der Waals surface area contributed by atoms with E-state index in [2.05, 4.69) is 10.1 Å². The largest absolute Gasteiger partial charge is 0.326 e. The summed E-state index contributed by atoms with van der Waals surface area (Å²) >= 11 is 7.18. The lowest BCUT2D eigenvalue weighted by Gasteiger charge is -1.95. The van der Waals surface area contributed by atoms with E-state index >= 15 is 0 Å². The van der Waals surface area contributed by atoms with Crippen LogP contribution in [0.3, 0.4) is 0 Å². The van der Waals surface area contributed by atoms with Crippen LogP contribution in [0.5, 0.6) is 0 Å². The van der Waals surface area contributed by atoms with Crippen molar-refractivity contribution in [1.29, 1.82) is 0 Å². The monoisotopic (exact) mass is 228 g/mol. The molecule has 0 spiro atoms. The fraction of sp³-hybridized carbons (Fsp3) is 0.250. The van der Waals surface area contributed by atoms with Crippen molar-refractivity contribution >= 4 is 22.9 Å². The van der Waals surface area contributed by atoms with Gasteiger partial charge in [0.25, 0.3) is 0 Å². The second kappa shape index (κ2) is 4.08. The van der Waals surface area contributed by atoms with Crippen molar-refractivity contribution in [2.75, 3.05) is 0 Å². The summed E-state index contributed by atoms with van der Waals surface area (Å²) in [5.74, 6) is 0. The summed E-state index contributed by atoms with van der Waals surface area (Å²) < 4.78 is 2.39. The van der Waals surface area contributed by atoms with Crippen LogP contribution in [-0.4, -0.2) is 14.8 Å². The van der Waals surface area contributed by atoms with Gasteiger partial charge >= 0.3 is 0 Å². The lowest BCUT2D eigenvalue weighted by atomic mass is 10.4. The Kier molecular flexibility index (Phi) is 2.81. The summed E-state index contributed by atoms with van der Waals surface area (Å²) in [6, 6.07) is 0. The van der Waals surface area contributed by atoms with Crippen LogP contribution in [0.1, 0.15) is 10.4 Å². The van der Waals surface area contributed by atoms with Crippen molar-refractivity contribution < 1.29 is 0 Å². The number of rotatable bonds is 3. The smallest absolute Gasteiger partial charge is 0.183 e. The fourth-order valence-electron chi connectivity index (χ4n) is 1.11. The van der Waals surface area contributed by atoms with Gasteiger partial charge in [0, 0.05) is 29.4 Å². The predicted octanol–water partition coefficient (Wildman–Crippen LogP) is 1.50. The van der Waals surface area contributed by atoms with Gasteiger partial charge in [-0.05, 0) is 0 Å². The molecule has 4 nitrogen and oxygen atoms in total. The third kappa shape index (κ3) is 2.12. The molecular formula is C8H9ClN4S. The highest BCUT2D eigenvalue weighted by Gasteiger charge is 2.01.